The Morgan fingerprint density at radius 1 is 0.957 bits per heavy atom. The molecule has 0 bridgehead atoms. The van der Waals surface area contributed by atoms with Crippen LogP contribution in [-0.4, -0.2) is 41.7 Å². The summed E-state index contributed by atoms with van der Waals surface area (Å²) in [6.07, 6.45) is -16.2. The van der Waals surface area contributed by atoms with Crippen molar-refractivity contribution in [1.82, 2.24) is 9.97 Å². The van der Waals surface area contributed by atoms with Crippen molar-refractivity contribution in [3.63, 3.8) is 0 Å². The molecule has 1 aliphatic heterocycles. The van der Waals surface area contributed by atoms with Crippen molar-refractivity contribution in [2.24, 2.45) is 0 Å². The molecule has 19 heteroatoms. The maximum Gasteiger partial charge on any atom is 0.416 e. The molecular formula is C28H25F9N4O5S. The smallest absolute Gasteiger partial charge is 0.416 e. The molecule has 9 nitrogen and oxygen atoms in total. The molecule has 0 saturated heterocycles. The van der Waals surface area contributed by atoms with Gasteiger partial charge < -0.3 is 10.1 Å². The largest absolute Gasteiger partial charge is 0.449 e. The Bertz CT molecular complexity index is 1730. The number of halogens is 9. The maximum atomic E-state index is 13.7. The molecule has 2 heterocycles. The van der Waals surface area contributed by atoms with Gasteiger partial charge in [0.25, 0.3) is 10.1 Å². The number of amides is 1. The third kappa shape index (κ3) is 8.06. The van der Waals surface area contributed by atoms with E-state index in [1.807, 2.05) is 0 Å². The third-order valence-electron chi connectivity index (χ3n) is 7.23. The molecule has 3 aromatic rings. The zero-order valence-electron chi connectivity index (χ0n) is 24.3. The van der Waals surface area contributed by atoms with Gasteiger partial charge in [0.15, 0.2) is 0 Å². The third-order valence-corrected chi connectivity index (χ3v) is 8.12. The molecular weight excluding hydrogens is 675 g/mol. The second-order valence-electron chi connectivity index (χ2n) is 10.4. The minimum atomic E-state index is -5.21. The number of carbonyl (C=O) groups is 1. The van der Waals surface area contributed by atoms with Crippen molar-refractivity contribution in [2.45, 2.75) is 68.6 Å². The van der Waals surface area contributed by atoms with E-state index in [4.69, 9.17) is 4.74 Å². The number of alkyl halides is 9. The lowest BCUT2D eigenvalue weighted by Crippen LogP contribution is -2.46. The van der Waals surface area contributed by atoms with Crippen molar-refractivity contribution in [3.05, 3.63) is 76.1 Å². The number of benzene rings is 2. The maximum absolute atomic E-state index is 13.7. The van der Waals surface area contributed by atoms with Crippen molar-refractivity contribution in [1.29, 1.82) is 0 Å². The molecule has 0 spiro atoms. The normalized spacial score (nSPS) is 17.3. The molecule has 0 saturated carbocycles. The van der Waals surface area contributed by atoms with E-state index in [1.54, 1.807) is 6.92 Å². The molecule has 0 fully saturated rings. The first-order chi connectivity index (χ1) is 21.6. The van der Waals surface area contributed by atoms with Crippen LogP contribution in [0.5, 0.6) is 0 Å². The second-order valence-corrected chi connectivity index (χ2v) is 11.8. The highest BCUT2D eigenvalue weighted by Crippen LogP contribution is 2.43. The number of aromatic nitrogens is 2. The number of fused-ring (bicyclic) bond motifs is 1. The van der Waals surface area contributed by atoms with E-state index in [2.05, 4.69) is 15.3 Å². The lowest BCUT2D eigenvalue weighted by molar-refractivity contribution is -0.143. The van der Waals surface area contributed by atoms with Gasteiger partial charge in [-0.3, -0.25) is 9.45 Å². The van der Waals surface area contributed by atoms with Gasteiger partial charge in [0, 0.05) is 12.5 Å². The first-order valence-corrected chi connectivity index (χ1v) is 15.1. The van der Waals surface area contributed by atoms with Gasteiger partial charge in [-0.05, 0) is 67.3 Å². The van der Waals surface area contributed by atoms with E-state index in [-0.39, 0.29) is 30.3 Å². The van der Waals surface area contributed by atoms with E-state index in [1.165, 1.54) is 11.8 Å². The average molecular weight is 701 g/mol. The van der Waals surface area contributed by atoms with Gasteiger partial charge in [0.1, 0.15) is 4.90 Å². The predicted molar refractivity (Wildman–Crippen MR) is 147 cm³/mol. The van der Waals surface area contributed by atoms with Gasteiger partial charge in [-0.1, -0.05) is 6.92 Å². The summed E-state index contributed by atoms with van der Waals surface area (Å²) in [4.78, 5) is 20.7. The molecule has 1 aromatic heterocycles. The summed E-state index contributed by atoms with van der Waals surface area (Å²) in [5.41, 5.74) is -5.83. The highest BCUT2D eigenvalue weighted by atomic mass is 32.2. The fraction of sp³-hybridized carbons (Fsp3) is 0.393. The Morgan fingerprint density at radius 3 is 2.06 bits per heavy atom. The van der Waals surface area contributed by atoms with Crippen molar-refractivity contribution in [3.8, 4) is 0 Å². The Kier molecular flexibility index (Phi) is 9.74. The van der Waals surface area contributed by atoms with Crippen molar-refractivity contribution >= 4 is 27.8 Å². The second kappa shape index (κ2) is 12.8. The summed E-state index contributed by atoms with van der Waals surface area (Å²) in [6.45, 7) is 3.20. The molecule has 256 valence electrons. The lowest BCUT2D eigenvalue weighted by Gasteiger charge is -2.40. The van der Waals surface area contributed by atoms with Gasteiger partial charge in [0.05, 0.1) is 46.9 Å². The number of nitrogens with zero attached hydrogens (tertiary/aromatic N) is 3. The van der Waals surface area contributed by atoms with E-state index in [0.29, 0.717) is 24.8 Å². The van der Waals surface area contributed by atoms with Crippen LogP contribution in [0, 0.1) is 0 Å². The highest BCUT2D eigenvalue weighted by molar-refractivity contribution is 7.85. The number of hydrogen-bond donors (Lipinski definition) is 2. The van der Waals surface area contributed by atoms with Gasteiger partial charge in [-0.25, -0.2) is 14.8 Å². The molecule has 2 N–H and O–H groups in total. The average Bonchev–Trinajstić information content (AvgIpc) is 2.94. The summed E-state index contributed by atoms with van der Waals surface area (Å²) in [5.74, 6) is -0.483. The molecule has 4 rings (SSSR count). The summed E-state index contributed by atoms with van der Waals surface area (Å²) in [7, 11) is -5.17. The minimum Gasteiger partial charge on any atom is -0.449 e. The SMILES string of the molecule is CCOC(=O)N1c2ccc(C(F)(F)F)cc2[C@@H](Nc2ncc(S(=O)(=O)O)c(Cc3cc(C(F)(F)F)cc(C(F)(F)F)c3)n2)C[C@H]1CC. The highest BCUT2D eigenvalue weighted by Gasteiger charge is 2.40. The van der Waals surface area contributed by atoms with Crippen LogP contribution >= 0.6 is 0 Å². The minimum absolute atomic E-state index is 0.0313. The van der Waals surface area contributed by atoms with Crippen LogP contribution in [0.4, 0.5) is 55.9 Å². The topological polar surface area (TPSA) is 122 Å². The number of anilines is 2. The molecule has 2 atom stereocenters. The van der Waals surface area contributed by atoms with E-state index in [9.17, 15) is 57.3 Å². The summed E-state index contributed by atoms with van der Waals surface area (Å²) < 4.78 is 161. The van der Waals surface area contributed by atoms with Crippen LogP contribution in [0.2, 0.25) is 0 Å². The molecule has 1 amide bonds. The molecule has 47 heavy (non-hydrogen) atoms. The molecule has 1 aliphatic rings. The fourth-order valence-corrected chi connectivity index (χ4v) is 5.75. The van der Waals surface area contributed by atoms with E-state index in [0.717, 1.165) is 18.2 Å². The number of ether oxygens (including phenoxy) is 1. The van der Waals surface area contributed by atoms with Crippen LogP contribution in [0.3, 0.4) is 0 Å². The summed E-state index contributed by atoms with van der Waals surface area (Å²) in [6, 6.07) is 1.48. The fourth-order valence-electron chi connectivity index (χ4n) is 5.15. The first-order valence-electron chi connectivity index (χ1n) is 13.7. The Labute approximate surface area is 261 Å². The summed E-state index contributed by atoms with van der Waals surface area (Å²) in [5, 5.41) is 2.74. The van der Waals surface area contributed by atoms with Crippen LogP contribution in [-0.2, 0) is 39.8 Å². The zero-order chi connectivity index (χ0) is 35.1. The standard InChI is InChI=1S/C28H25F9N4O5S/c1-3-18-12-20(19-11-15(26(29,30)31)5-6-22(19)41(18)25(42)46-4-2)39-24-38-13-23(47(43,44)45)21(40-24)9-14-7-16(27(32,33)34)10-17(8-14)28(35,36)37/h5-8,10-11,13,18,20H,3-4,9,12H2,1-2H3,(H,38,39,40)(H,43,44,45)/t18-,20+/m1/s1. The quantitative estimate of drug-likeness (QED) is 0.190. The Hall–Kier alpha value is -4.13. The predicted octanol–water partition coefficient (Wildman–Crippen LogP) is 7.67. The van der Waals surface area contributed by atoms with E-state index >= 15 is 0 Å². The molecule has 0 aliphatic carbocycles. The van der Waals surface area contributed by atoms with Crippen LogP contribution in [0.15, 0.2) is 47.5 Å². The zero-order valence-corrected chi connectivity index (χ0v) is 25.1. The van der Waals surface area contributed by atoms with E-state index < -0.39 is 92.0 Å². The van der Waals surface area contributed by atoms with Crippen LogP contribution in [0.25, 0.3) is 0 Å². The van der Waals surface area contributed by atoms with Gasteiger partial charge in [-0.15, -0.1) is 0 Å². The Morgan fingerprint density at radius 2 is 1.55 bits per heavy atom. The summed E-state index contributed by atoms with van der Waals surface area (Å²) >= 11 is 0. The lowest BCUT2D eigenvalue weighted by atomic mass is 9.89. The van der Waals surface area contributed by atoms with Crippen molar-refractivity contribution < 1.29 is 62.0 Å². The van der Waals surface area contributed by atoms with Crippen LogP contribution in [0.1, 0.15) is 66.2 Å². The van der Waals surface area contributed by atoms with Crippen molar-refractivity contribution in [2.75, 3.05) is 16.8 Å². The number of hydrogen-bond acceptors (Lipinski definition) is 7. The van der Waals surface area contributed by atoms with Gasteiger partial charge in [0.2, 0.25) is 5.95 Å². The first kappa shape index (κ1) is 35.7. The van der Waals surface area contributed by atoms with Gasteiger partial charge in [-0.2, -0.15) is 47.9 Å². The molecule has 2 aromatic carbocycles. The number of carbonyl (C=O) groups excluding carboxylic acids is 1. The van der Waals surface area contributed by atoms with Crippen LogP contribution < -0.4 is 10.2 Å². The number of nitrogens with one attached hydrogen (secondary N) is 1. The Balaban J connectivity index is 1.82. The molecule has 0 radical (unpaired) electrons. The molecule has 0 unspecified atom stereocenters. The monoisotopic (exact) mass is 700 g/mol. The number of rotatable bonds is 7. The van der Waals surface area contributed by atoms with Gasteiger partial charge >= 0.3 is 24.6 Å².